The van der Waals surface area contributed by atoms with E-state index in [2.05, 4.69) is 11.9 Å². The van der Waals surface area contributed by atoms with Gasteiger partial charge in [0.1, 0.15) is 11.6 Å². The van der Waals surface area contributed by atoms with Gasteiger partial charge in [0.05, 0.1) is 0 Å². The van der Waals surface area contributed by atoms with E-state index in [4.69, 9.17) is 0 Å². The van der Waals surface area contributed by atoms with Crippen LogP contribution in [0.1, 0.15) is 36.8 Å². The van der Waals surface area contributed by atoms with Gasteiger partial charge in [0, 0.05) is 25.4 Å². The van der Waals surface area contributed by atoms with Crippen LogP contribution in [0.3, 0.4) is 0 Å². The summed E-state index contributed by atoms with van der Waals surface area (Å²) >= 11 is 0. The maximum Gasteiger partial charge on any atom is 0.133 e. The minimum absolute atomic E-state index is 0.148. The molecule has 0 atom stereocenters. The first kappa shape index (κ1) is 13.2. The predicted octanol–water partition coefficient (Wildman–Crippen LogP) is 3.08. The second kappa shape index (κ2) is 5.61. The molecule has 0 heterocycles. The Balaban J connectivity index is 1.96. The van der Waals surface area contributed by atoms with Crippen LogP contribution in [0.15, 0.2) is 18.2 Å². The first-order valence-electron chi connectivity index (χ1n) is 6.53. The average Bonchev–Trinajstić information content (AvgIpc) is 2.34. The molecular weight excluding hydrogens is 229 g/mol. The van der Waals surface area contributed by atoms with Crippen molar-refractivity contribution in [3.63, 3.8) is 0 Å². The molecule has 0 aliphatic heterocycles. The summed E-state index contributed by atoms with van der Waals surface area (Å²) in [5.41, 5.74) is 1.83. The Bertz CT molecular complexity index is 434. The molecule has 1 fully saturated rings. The highest BCUT2D eigenvalue weighted by molar-refractivity contribution is 5.79. The third kappa shape index (κ3) is 3.16. The van der Waals surface area contributed by atoms with Crippen molar-refractivity contribution in [1.29, 1.82) is 0 Å². The number of hydrogen-bond acceptors (Lipinski definition) is 2. The molecule has 1 aromatic carbocycles. The molecule has 0 unspecified atom stereocenters. The molecule has 2 rings (SSSR count). The molecular formula is C15H20FNO. The van der Waals surface area contributed by atoms with Gasteiger partial charge >= 0.3 is 0 Å². The molecule has 0 radical (unpaired) electrons. The van der Waals surface area contributed by atoms with Gasteiger partial charge in [0.15, 0.2) is 0 Å². The van der Waals surface area contributed by atoms with Crippen LogP contribution in [0.25, 0.3) is 0 Å². The molecule has 0 aromatic heterocycles. The number of rotatable bonds is 3. The highest BCUT2D eigenvalue weighted by Crippen LogP contribution is 2.21. The zero-order valence-electron chi connectivity index (χ0n) is 11.1. The predicted molar refractivity (Wildman–Crippen MR) is 69.9 cm³/mol. The van der Waals surface area contributed by atoms with Gasteiger partial charge in [-0.15, -0.1) is 0 Å². The molecule has 1 aliphatic carbocycles. The van der Waals surface area contributed by atoms with Crippen LogP contribution in [0.2, 0.25) is 0 Å². The number of benzene rings is 1. The Hall–Kier alpha value is -1.22. The molecule has 18 heavy (non-hydrogen) atoms. The van der Waals surface area contributed by atoms with Crippen molar-refractivity contribution < 1.29 is 9.18 Å². The fourth-order valence-electron chi connectivity index (χ4n) is 2.59. The zero-order valence-corrected chi connectivity index (χ0v) is 11.1. The number of halogens is 1. The van der Waals surface area contributed by atoms with Crippen molar-refractivity contribution in [3.05, 3.63) is 35.1 Å². The minimum Gasteiger partial charge on any atom is -0.300 e. The standard InChI is InChI=1S/C15H20FNO/c1-11-9-12(3-8-15(11)16)10-17(2)13-4-6-14(18)7-5-13/h3,8-9,13H,4-7,10H2,1-2H3. The van der Waals surface area contributed by atoms with Crippen LogP contribution in [0.4, 0.5) is 4.39 Å². The van der Waals surface area contributed by atoms with Gasteiger partial charge in [0.2, 0.25) is 0 Å². The maximum atomic E-state index is 13.2. The quantitative estimate of drug-likeness (QED) is 0.820. The summed E-state index contributed by atoms with van der Waals surface area (Å²) in [6, 6.07) is 5.75. The first-order chi connectivity index (χ1) is 8.56. The van der Waals surface area contributed by atoms with E-state index in [9.17, 15) is 9.18 Å². The number of nitrogens with zero attached hydrogens (tertiary/aromatic N) is 1. The summed E-state index contributed by atoms with van der Waals surface area (Å²) in [6.07, 6.45) is 3.32. The average molecular weight is 249 g/mol. The van der Waals surface area contributed by atoms with Crippen LogP contribution in [-0.4, -0.2) is 23.8 Å². The largest absolute Gasteiger partial charge is 0.300 e. The lowest BCUT2D eigenvalue weighted by molar-refractivity contribution is -0.121. The van der Waals surface area contributed by atoms with Gasteiger partial charge in [-0.05, 0) is 44.0 Å². The highest BCUT2D eigenvalue weighted by Gasteiger charge is 2.22. The summed E-state index contributed by atoms with van der Waals surface area (Å²) < 4.78 is 13.2. The normalized spacial score (nSPS) is 17.4. The van der Waals surface area contributed by atoms with Crippen LogP contribution < -0.4 is 0 Å². The second-order valence-corrected chi connectivity index (χ2v) is 5.27. The molecule has 1 saturated carbocycles. The minimum atomic E-state index is -0.148. The van der Waals surface area contributed by atoms with Crippen LogP contribution in [0, 0.1) is 12.7 Å². The van der Waals surface area contributed by atoms with Crippen LogP contribution >= 0.6 is 0 Å². The molecule has 0 amide bonds. The van der Waals surface area contributed by atoms with E-state index < -0.39 is 0 Å². The van der Waals surface area contributed by atoms with E-state index >= 15 is 0 Å². The van der Waals surface area contributed by atoms with Gasteiger partial charge in [-0.2, -0.15) is 0 Å². The Labute approximate surface area is 108 Å². The molecule has 2 nitrogen and oxygen atoms in total. The van der Waals surface area contributed by atoms with Crippen molar-refractivity contribution in [3.8, 4) is 0 Å². The van der Waals surface area contributed by atoms with Crippen molar-refractivity contribution >= 4 is 5.78 Å². The van der Waals surface area contributed by atoms with Gasteiger partial charge in [-0.25, -0.2) is 4.39 Å². The Kier molecular flexibility index (Phi) is 4.12. The number of hydrogen-bond donors (Lipinski definition) is 0. The van der Waals surface area contributed by atoms with Crippen molar-refractivity contribution in [2.75, 3.05) is 7.05 Å². The number of carbonyl (C=O) groups is 1. The van der Waals surface area contributed by atoms with Gasteiger partial charge in [-0.3, -0.25) is 9.69 Å². The SMILES string of the molecule is Cc1cc(CN(C)C2CCC(=O)CC2)ccc1F. The second-order valence-electron chi connectivity index (χ2n) is 5.27. The lowest BCUT2D eigenvalue weighted by atomic mass is 9.93. The molecule has 0 bridgehead atoms. The third-order valence-electron chi connectivity index (χ3n) is 3.79. The van der Waals surface area contributed by atoms with Crippen molar-refractivity contribution in [1.82, 2.24) is 4.90 Å². The lowest BCUT2D eigenvalue weighted by Gasteiger charge is -2.30. The topological polar surface area (TPSA) is 20.3 Å². The summed E-state index contributed by atoms with van der Waals surface area (Å²) in [5.74, 6) is 0.238. The number of carbonyl (C=O) groups excluding carboxylic acids is 1. The van der Waals surface area contributed by atoms with Gasteiger partial charge < -0.3 is 0 Å². The van der Waals surface area contributed by atoms with E-state index in [0.717, 1.165) is 24.9 Å². The number of aryl methyl sites for hydroxylation is 1. The van der Waals surface area contributed by atoms with Crippen LogP contribution in [-0.2, 0) is 11.3 Å². The summed E-state index contributed by atoms with van der Waals surface area (Å²) in [6.45, 7) is 2.61. The molecule has 3 heteroatoms. The third-order valence-corrected chi connectivity index (χ3v) is 3.79. The Morgan fingerprint density at radius 1 is 1.33 bits per heavy atom. The van der Waals surface area contributed by atoms with E-state index in [1.807, 2.05) is 12.1 Å². The summed E-state index contributed by atoms with van der Waals surface area (Å²) in [5, 5.41) is 0. The monoisotopic (exact) mass is 249 g/mol. The van der Waals surface area contributed by atoms with E-state index in [1.54, 1.807) is 6.92 Å². The maximum absolute atomic E-state index is 13.2. The van der Waals surface area contributed by atoms with Gasteiger partial charge in [0.25, 0.3) is 0 Å². The van der Waals surface area contributed by atoms with Crippen LogP contribution in [0.5, 0.6) is 0 Å². The molecule has 98 valence electrons. The number of Topliss-reactive ketones (excluding diaryl/α,β-unsaturated/α-hetero) is 1. The Morgan fingerprint density at radius 2 is 2.00 bits per heavy atom. The molecule has 1 aromatic rings. The molecule has 0 spiro atoms. The van der Waals surface area contributed by atoms with E-state index in [-0.39, 0.29) is 5.82 Å². The Morgan fingerprint density at radius 3 is 2.61 bits per heavy atom. The zero-order chi connectivity index (χ0) is 13.1. The molecule has 0 N–H and O–H groups in total. The summed E-state index contributed by atoms with van der Waals surface area (Å²) in [7, 11) is 2.08. The lowest BCUT2D eigenvalue weighted by Crippen LogP contribution is -2.34. The number of ketones is 1. The first-order valence-corrected chi connectivity index (χ1v) is 6.53. The van der Waals surface area contributed by atoms with Crippen molar-refractivity contribution in [2.45, 2.75) is 45.2 Å². The fourth-order valence-corrected chi connectivity index (χ4v) is 2.59. The fraction of sp³-hybridized carbons (Fsp3) is 0.533. The molecule has 0 saturated heterocycles. The van der Waals surface area contributed by atoms with Gasteiger partial charge in [-0.1, -0.05) is 12.1 Å². The summed E-state index contributed by atoms with van der Waals surface area (Å²) in [4.78, 5) is 13.5. The van der Waals surface area contributed by atoms with E-state index in [0.29, 0.717) is 30.2 Å². The van der Waals surface area contributed by atoms with E-state index in [1.165, 1.54) is 6.07 Å². The van der Waals surface area contributed by atoms with Crippen molar-refractivity contribution in [2.24, 2.45) is 0 Å². The highest BCUT2D eigenvalue weighted by atomic mass is 19.1. The smallest absolute Gasteiger partial charge is 0.133 e. The molecule has 1 aliphatic rings.